The van der Waals surface area contributed by atoms with Crippen LogP contribution in [0, 0.1) is 5.92 Å². The number of morpholine rings is 1. The van der Waals surface area contributed by atoms with Gasteiger partial charge in [0.25, 0.3) is 0 Å². The summed E-state index contributed by atoms with van der Waals surface area (Å²) in [5, 5.41) is 6.88. The highest BCUT2D eigenvalue weighted by Crippen LogP contribution is 2.12. The third-order valence-corrected chi connectivity index (χ3v) is 4.06. The van der Waals surface area contributed by atoms with Crippen molar-refractivity contribution in [3.63, 3.8) is 0 Å². The van der Waals surface area contributed by atoms with Gasteiger partial charge in [-0.3, -0.25) is 9.89 Å². The molecule has 5 heteroatoms. The van der Waals surface area contributed by atoms with E-state index in [1.165, 1.54) is 19.3 Å². The molecular formula is C16H34N4O. The van der Waals surface area contributed by atoms with Gasteiger partial charge in [0, 0.05) is 39.3 Å². The van der Waals surface area contributed by atoms with Gasteiger partial charge < -0.3 is 15.4 Å². The lowest BCUT2D eigenvalue weighted by Gasteiger charge is -2.37. The molecule has 0 aliphatic carbocycles. The molecule has 1 atom stereocenters. The maximum atomic E-state index is 5.45. The van der Waals surface area contributed by atoms with E-state index < -0.39 is 0 Å². The minimum absolute atomic E-state index is 0.531. The van der Waals surface area contributed by atoms with Crippen molar-refractivity contribution >= 4 is 5.96 Å². The second-order valence-electron chi connectivity index (χ2n) is 6.05. The Balaban J connectivity index is 2.36. The monoisotopic (exact) mass is 298 g/mol. The van der Waals surface area contributed by atoms with Crippen molar-refractivity contribution in [3.05, 3.63) is 0 Å². The van der Waals surface area contributed by atoms with Crippen LogP contribution >= 0.6 is 0 Å². The molecule has 0 amide bonds. The first-order valence-corrected chi connectivity index (χ1v) is 8.45. The van der Waals surface area contributed by atoms with Gasteiger partial charge in [0.2, 0.25) is 0 Å². The van der Waals surface area contributed by atoms with Crippen molar-refractivity contribution in [1.29, 1.82) is 0 Å². The molecule has 1 heterocycles. The van der Waals surface area contributed by atoms with E-state index in [4.69, 9.17) is 4.74 Å². The Hall–Kier alpha value is -0.810. The minimum atomic E-state index is 0.531. The molecule has 2 N–H and O–H groups in total. The van der Waals surface area contributed by atoms with Crippen LogP contribution in [0.4, 0.5) is 0 Å². The van der Waals surface area contributed by atoms with Gasteiger partial charge in [-0.2, -0.15) is 0 Å². The molecule has 0 aromatic carbocycles. The molecular weight excluding hydrogens is 264 g/mol. The first-order chi connectivity index (χ1) is 10.2. The fourth-order valence-electron chi connectivity index (χ4n) is 2.70. The zero-order valence-electron chi connectivity index (χ0n) is 14.3. The lowest BCUT2D eigenvalue weighted by Crippen LogP contribution is -2.52. The molecule has 1 fully saturated rings. The van der Waals surface area contributed by atoms with Gasteiger partial charge in [0.1, 0.15) is 0 Å². The van der Waals surface area contributed by atoms with Crippen LogP contribution in [0.25, 0.3) is 0 Å². The summed E-state index contributed by atoms with van der Waals surface area (Å²) in [4.78, 5) is 6.85. The Morgan fingerprint density at radius 2 is 1.90 bits per heavy atom. The number of hydrogen-bond acceptors (Lipinski definition) is 3. The number of nitrogens with one attached hydrogen (secondary N) is 2. The molecule has 0 aromatic heterocycles. The molecule has 0 saturated carbocycles. The topological polar surface area (TPSA) is 48.9 Å². The number of nitrogens with zero attached hydrogens (tertiary/aromatic N) is 2. The Labute approximate surface area is 130 Å². The standard InChI is InChI=1S/C16H34N4O/c1-5-6-7-8-18-16(17-4)19-13-15(14(2)3)20-9-11-21-12-10-20/h14-15H,5-13H2,1-4H3,(H2,17,18,19). The van der Waals surface area contributed by atoms with Crippen LogP contribution in [0.3, 0.4) is 0 Å². The maximum absolute atomic E-state index is 5.45. The summed E-state index contributed by atoms with van der Waals surface area (Å²) < 4.78 is 5.45. The molecule has 1 unspecified atom stereocenters. The first-order valence-electron chi connectivity index (χ1n) is 8.45. The predicted octanol–water partition coefficient (Wildman–Crippen LogP) is 1.70. The Bertz CT molecular complexity index is 288. The molecule has 21 heavy (non-hydrogen) atoms. The zero-order chi connectivity index (χ0) is 15.5. The summed E-state index contributed by atoms with van der Waals surface area (Å²) >= 11 is 0. The van der Waals surface area contributed by atoms with Crippen molar-refractivity contribution in [2.75, 3.05) is 46.4 Å². The van der Waals surface area contributed by atoms with Gasteiger partial charge in [0.15, 0.2) is 5.96 Å². The van der Waals surface area contributed by atoms with E-state index in [9.17, 15) is 0 Å². The van der Waals surface area contributed by atoms with Crippen LogP contribution in [0.15, 0.2) is 4.99 Å². The molecule has 0 aromatic rings. The first kappa shape index (κ1) is 18.2. The third kappa shape index (κ3) is 7.14. The molecule has 0 spiro atoms. The molecule has 0 radical (unpaired) electrons. The van der Waals surface area contributed by atoms with E-state index >= 15 is 0 Å². The van der Waals surface area contributed by atoms with Crippen molar-refractivity contribution in [2.45, 2.75) is 46.1 Å². The van der Waals surface area contributed by atoms with Crippen molar-refractivity contribution in [1.82, 2.24) is 15.5 Å². The van der Waals surface area contributed by atoms with Gasteiger partial charge in [-0.1, -0.05) is 33.6 Å². The van der Waals surface area contributed by atoms with Crippen molar-refractivity contribution < 1.29 is 4.74 Å². The number of guanidine groups is 1. The molecule has 124 valence electrons. The summed E-state index contributed by atoms with van der Waals surface area (Å²) in [5.74, 6) is 1.54. The fraction of sp³-hybridized carbons (Fsp3) is 0.938. The number of ether oxygens (including phenoxy) is 1. The quantitative estimate of drug-likeness (QED) is 0.407. The minimum Gasteiger partial charge on any atom is -0.379 e. The molecule has 1 aliphatic heterocycles. The van der Waals surface area contributed by atoms with Crippen LogP contribution < -0.4 is 10.6 Å². The number of hydrogen-bond donors (Lipinski definition) is 2. The molecule has 0 bridgehead atoms. The molecule has 1 saturated heterocycles. The second kappa shape index (κ2) is 10.9. The fourth-order valence-corrected chi connectivity index (χ4v) is 2.70. The van der Waals surface area contributed by atoms with E-state index in [0.29, 0.717) is 12.0 Å². The zero-order valence-corrected chi connectivity index (χ0v) is 14.3. The summed E-state index contributed by atoms with van der Waals surface area (Å²) in [7, 11) is 1.84. The summed E-state index contributed by atoms with van der Waals surface area (Å²) in [6.07, 6.45) is 3.72. The van der Waals surface area contributed by atoms with Crippen LogP contribution in [-0.4, -0.2) is 63.3 Å². The largest absolute Gasteiger partial charge is 0.379 e. The van der Waals surface area contributed by atoms with Crippen LogP contribution in [0.2, 0.25) is 0 Å². The van der Waals surface area contributed by atoms with E-state index in [-0.39, 0.29) is 0 Å². The smallest absolute Gasteiger partial charge is 0.191 e. The Kier molecular flexibility index (Phi) is 9.42. The SMILES string of the molecule is CCCCCNC(=NC)NCC(C(C)C)N1CCOCC1. The average molecular weight is 298 g/mol. The predicted molar refractivity (Wildman–Crippen MR) is 89.9 cm³/mol. The average Bonchev–Trinajstić information content (AvgIpc) is 2.50. The van der Waals surface area contributed by atoms with Gasteiger partial charge in [-0.15, -0.1) is 0 Å². The van der Waals surface area contributed by atoms with E-state index in [1.54, 1.807) is 0 Å². The number of rotatable bonds is 8. The van der Waals surface area contributed by atoms with Crippen molar-refractivity contribution in [2.24, 2.45) is 10.9 Å². The van der Waals surface area contributed by atoms with Gasteiger partial charge >= 0.3 is 0 Å². The summed E-state index contributed by atoms with van der Waals surface area (Å²) in [6, 6.07) is 0.531. The second-order valence-corrected chi connectivity index (χ2v) is 6.05. The Morgan fingerprint density at radius 1 is 1.19 bits per heavy atom. The maximum Gasteiger partial charge on any atom is 0.191 e. The van der Waals surface area contributed by atoms with Gasteiger partial charge in [-0.05, 0) is 12.3 Å². The highest BCUT2D eigenvalue weighted by atomic mass is 16.5. The highest BCUT2D eigenvalue weighted by Gasteiger charge is 2.23. The molecule has 1 aliphatic rings. The van der Waals surface area contributed by atoms with E-state index in [2.05, 4.69) is 41.3 Å². The lowest BCUT2D eigenvalue weighted by atomic mass is 10.0. The van der Waals surface area contributed by atoms with Crippen molar-refractivity contribution in [3.8, 4) is 0 Å². The van der Waals surface area contributed by atoms with E-state index in [0.717, 1.165) is 45.4 Å². The number of unbranched alkanes of at least 4 members (excludes halogenated alkanes) is 2. The highest BCUT2D eigenvalue weighted by molar-refractivity contribution is 5.79. The third-order valence-electron chi connectivity index (χ3n) is 4.06. The number of aliphatic imine (C=N–C) groups is 1. The lowest BCUT2D eigenvalue weighted by molar-refractivity contribution is 0.00752. The van der Waals surface area contributed by atoms with Crippen LogP contribution in [0.5, 0.6) is 0 Å². The molecule has 1 rings (SSSR count). The van der Waals surface area contributed by atoms with Crippen LogP contribution in [0.1, 0.15) is 40.0 Å². The summed E-state index contributed by atoms with van der Waals surface area (Å²) in [5.41, 5.74) is 0. The van der Waals surface area contributed by atoms with Gasteiger partial charge in [-0.25, -0.2) is 0 Å². The van der Waals surface area contributed by atoms with Gasteiger partial charge in [0.05, 0.1) is 13.2 Å². The normalized spacial score (nSPS) is 18.8. The Morgan fingerprint density at radius 3 is 2.48 bits per heavy atom. The van der Waals surface area contributed by atoms with Crippen LogP contribution in [-0.2, 0) is 4.74 Å². The summed E-state index contributed by atoms with van der Waals surface area (Å²) in [6.45, 7) is 12.5. The molecule has 5 nitrogen and oxygen atoms in total. The van der Waals surface area contributed by atoms with E-state index in [1.807, 2.05) is 7.05 Å².